The fourth-order valence-corrected chi connectivity index (χ4v) is 3.91. The second kappa shape index (κ2) is 7.94. The van der Waals surface area contributed by atoms with Gasteiger partial charge in [0.15, 0.2) is 0 Å². The number of hydrogen-bond acceptors (Lipinski definition) is 5. The Labute approximate surface area is 172 Å². The van der Waals surface area contributed by atoms with E-state index in [0.29, 0.717) is 49.5 Å². The highest BCUT2D eigenvalue weighted by Crippen LogP contribution is 2.34. The van der Waals surface area contributed by atoms with Gasteiger partial charge in [0.2, 0.25) is 0 Å². The van der Waals surface area contributed by atoms with E-state index in [1.807, 2.05) is 6.07 Å². The average molecular weight is 410 g/mol. The van der Waals surface area contributed by atoms with E-state index >= 15 is 0 Å². The predicted molar refractivity (Wildman–Crippen MR) is 103 cm³/mol. The van der Waals surface area contributed by atoms with Gasteiger partial charge in [0, 0.05) is 31.4 Å². The molecule has 2 aromatic heterocycles. The molecule has 1 fully saturated rings. The number of nitrogens with zero attached hydrogens (tertiary/aromatic N) is 6. The molecule has 0 unspecified atom stereocenters. The Balaban J connectivity index is 1.62. The number of anilines is 2. The summed E-state index contributed by atoms with van der Waals surface area (Å²) in [4.78, 5) is 36.9. The molecule has 10 heteroatoms. The van der Waals surface area contributed by atoms with Gasteiger partial charge < -0.3 is 14.9 Å². The maximum absolute atomic E-state index is 13.8. The Morgan fingerprint density at radius 1 is 1.30 bits per heavy atom. The van der Waals surface area contributed by atoms with Crippen LogP contribution >= 0.6 is 0 Å². The summed E-state index contributed by atoms with van der Waals surface area (Å²) in [6.45, 7) is 1.49. The lowest BCUT2D eigenvalue weighted by molar-refractivity contribution is 0.115. The topological polar surface area (TPSA) is 114 Å². The number of piperidine rings is 1. The number of fused-ring (bicyclic) bond motifs is 1. The molecule has 30 heavy (non-hydrogen) atoms. The molecular weight excluding hydrogens is 391 g/mol. The molecule has 0 spiro atoms. The van der Waals surface area contributed by atoms with Crippen LogP contribution in [0.1, 0.15) is 24.1 Å². The standard InChI is InChI=1S/C20H19FN6O3/c21-15-7-14-12-26(11-13-2-5-25(6-3-13)20(29)30)19(28)27(18(14)24-10-15)17-1-4-23-16(8-17)9-22/h1,4,7-8,10,13H,2-3,5-6,11-12H2,(H,29,30). The van der Waals surface area contributed by atoms with Crippen molar-refractivity contribution in [1.82, 2.24) is 19.8 Å². The molecule has 0 bridgehead atoms. The minimum atomic E-state index is -0.935. The number of urea groups is 1. The van der Waals surface area contributed by atoms with Gasteiger partial charge in [-0.2, -0.15) is 5.26 Å². The third-order valence-electron chi connectivity index (χ3n) is 5.42. The first-order valence-corrected chi connectivity index (χ1v) is 9.53. The summed E-state index contributed by atoms with van der Waals surface area (Å²) in [6, 6.07) is 6.07. The van der Waals surface area contributed by atoms with Crippen molar-refractivity contribution in [3.05, 3.63) is 47.7 Å². The van der Waals surface area contributed by atoms with E-state index in [9.17, 15) is 14.0 Å². The van der Waals surface area contributed by atoms with E-state index < -0.39 is 11.9 Å². The lowest BCUT2D eigenvalue weighted by Crippen LogP contribution is -2.48. The van der Waals surface area contributed by atoms with Crippen LogP contribution in [-0.2, 0) is 6.54 Å². The zero-order chi connectivity index (χ0) is 21.3. The van der Waals surface area contributed by atoms with Crippen LogP contribution in [0.25, 0.3) is 0 Å². The molecular formula is C20H19FN6O3. The quantitative estimate of drug-likeness (QED) is 0.832. The molecule has 3 amide bonds. The first-order chi connectivity index (χ1) is 14.5. The van der Waals surface area contributed by atoms with Gasteiger partial charge in [-0.1, -0.05) is 0 Å². The van der Waals surface area contributed by atoms with Gasteiger partial charge in [-0.15, -0.1) is 0 Å². The molecule has 2 aliphatic heterocycles. The fourth-order valence-electron chi connectivity index (χ4n) is 3.91. The highest BCUT2D eigenvalue weighted by molar-refractivity contribution is 6.00. The average Bonchev–Trinajstić information content (AvgIpc) is 2.75. The first-order valence-electron chi connectivity index (χ1n) is 9.53. The summed E-state index contributed by atoms with van der Waals surface area (Å²) in [7, 11) is 0. The number of rotatable bonds is 3. The van der Waals surface area contributed by atoms with Crippen LogP contribution in [0.2, 0.25) is 0 Å². The number of likely N-dealkylation sites (tertiary alicyclic amines) is 1. The van der Waals surface area contributed by atoms with Crippen molar-refractivity contribution in [3.63, 3.8) is 0 Å². The molecule has 2 aliphatic rings. The van der Waals surface area contributed by atoms with Gasteiger partial charge in [0.05, 0.1) is 18.4 Å². The van der Waals surface area contributed by atoms with Crippen molar-refractivity contribution in [2.24, 2.45) is 5.92 Å². The number of aromatic nitrogens is 2. The molecule has 4 heterocycles. The minimum Gasteiger partial charge on any atom is -0.465 e. The number of carbonyl (C=O) groups excluding carboxylic acids is 1. The molecule has 0 atom stereocenters. The van der Waals surface area contributed by atoms with Crippen molar-refractivity contribution in [3.8, 4) is 6.07 Å². The number of hydrogen-bond donors (Lipinski definition) is 1. The van der Waals surface area contributed by atoms with Gasteiger partial charge in [-0.25, -0.2) is 28.8 Å². The molecule has 2 aromatic rings. The summed E-state index contributed by atoms with van der Waals surface area (Å²) in [5, 5.41) is 18.3. The summed E-state index contributed by atoms with van der Waals surface area (Å²) in [6.07, 6.45) is 2.86. The Kier molecular flexibility index (Phi) is 5.18. The Morgan fingerprint density at radius 3 is 2.77 bits per heavy atom. The van der Waals surface area contributed by atoms with E-state index in [0.717, 1.165) is 6.20 Å². The van der Waals surface area contributed by atoms with Crippen molar-refractivity contribution in [1.29, 1.82) is 5.26 Å². The number of carbonyl (C=O) groups is 2. The zero-order valence-electron chi connectivity index (χ0n) is 16.0. The SMILES string of the molecule is N#Cc1cc(N2C(=O)N(CC3CCN(C(=O)O)CC3)Cc3cc(F)cnc32)ccn1. The Morgan fingerprint density at radius 2 is 2.07 bits per heavy atom. The van der Waals surface area contributed by atoms with E-state index in [-0.39, 0.29) is 24.2 Å². The van der Waals surface area contributed by atoms with Crippen molar-refractivity contribution in [2.45, 2.75) is 19.4 Å². The van der Waals surface area contributed by atoms with E-state index in [4.69, 9.17) is 10.4 Å². The number of halogens is 1. The van der Waals surface area contributed by atoms with Crippen molar-refractivity contribution in [2.75, 3.05) is 24.5 Å². The van der Waals surface area contributed by atoms with Crippen LogP contribution in [-0.4, -0.2) is 56.6 Å². The molecule has 154 valence electrons. The van der Waals surface area contributed by atoms with Gasteiger partial charge in [0.1, 0.15) is 23.4 Å². The van der Waals surface area contributed by atoms with Crippen LogP contribution < -0.4 is 4.90 Å². The fraction of sp³-hybridized carbons (Fsp3) is 0.350. The van der Waals surface area contributed by atoms with Crippen LogP contribution in [0.15, 0.2) is 30.6 Å². The van der Waals surface area contributed by atoms with Gasteiger partial charge in [-0.05, 0) is 37.0 Å². The number of carboxylic acid groups (broad SMARTS) is 1. The van der Waals surface area contributed by atoms with Crippen LogP contribution in [0, 0.1) is 23.1 Å². The largest absolute Gasteiger partial charge is 0.465 e. The molecule has 4 rings (SSSR count). The Hall–Kier alpha value is -3.74. The second-order valence-corrected chi connectivity index (χ2v) is 7.36. The van der Waals surface area contributed by atoms with Crippen molar-refractivity contribution >= 4 is 23.6 Å². The minimum absolute atomic E-state index is 0.140. The van der Waals surface area contributed by atoms with E-state index in [2.05, 4.69) is 9.97 Å². The summed E-state index contributed by atoms with van der Waals surface area (Å²) in [5.74, 6) is -0.0276. The normalized spacial score (nSPS) is 16.9. The maximum atomic E-state index is 13.8. The highest BCUT2D eigenvalue weighted by atomic mass is 19.1. The third kappa shape index (κ3) is 3.74. The molecule has 0 radical (unpaired) electrons. The monoisotopic (exact) mass is 410 g/mol. The maximum Gasteiger partial charge on any atom is 0.407 e. The molecule has 1 N–H and O–H groups in total. The van der Waals surface area contributed by atoms with Crippen molar-refractivity contribution < 1.29 is 19.1 Å². The first kappa shape index (κ1) is 19.6. The molecule has 0 aliphatic carbocycles. The lowest BCUT2D eigenvalue weighted by atomic mass is 9.96. The number of pyridine rings is 2. The highest BCUT2D eigenvalue weighted by Gasteiger charge is 2.35. The van der Waals surface area contributed by atoms with Crippen LogP contribution in [0.4, 0.5) is 25.5 Å². The van der Waals surface area contributed by atoms with Crippen LogP contribution in [0.5, 0.6) is 0 Å². The molecule has 1 saturated heterocycles. The number of nitriles is 1. The molecule has 0 saturated carbocycles. The van der Waals surface area contributed by atoms with E-state index in [1.165, 1.54) is 28.1 Å². The molecule has 9 nitrogen and oxygen atoms in total. The van der Waals surface area contributed by atoms with Crippen LogP contribution in [0.3, 0.4) is 0 Å². The smallest absolute Gasteiger partial charge is 0.407 e. The predicted octanol–water partition coefficient (Wildman–Crippen LogP) is 2.95. The van der Waals surface area contributed by atoms with E-state index in [1.54, 1.807) is 11.0 Å². The molecule has 0 aromatic carbocycles. The zero-order valence-corrected chi connectivity index (χ0v) is 16.0. The Bertz CT molecular complexity index is 1030. The summed E-state index contributed by atoms with van der Waals surface area (Å²) in [5.41, 5.74) is 1.15. The van der Waals surface area contributed by atoms with Gasteiger partial charge in [-0.3, -0.25) is 0 Å². The van der Waals surface area contributed by atoms with Gasteiger partial charge >= 0.3 is 12.1 Å². The van der Waals surface area contributed by atoms with Gasteiger partial charge in [0.25, 0.3) is 0 Å². The second-order valence-electron chi connectivity index (χ2n) is 7.36. The summed E-state index contributed by atoms with van der Waals surface area (Å²) >= 11 is 0. The lowest BCUT2D eigenvalue weighted by Gasteiger charge is -2.39. The summed E-state index contributed by atoms with van der Waals surface area (Å²) < 4.78 is 13.8. The third-order valence-corrected chi connectivity index (χ3v) is 5.42. The number of amides is 3.